The number of likely N-dealkylation sites (N-methyl/N-ethyl adjacent to an activating group) is 1. The summed E-state index contributed by atoms with van der Waals surface area (Å²) in [6.45, 7) is 2.46. The molecule has 114 valence electrons. The second-order valence-corrected chi connectivity index (χ2v) is 5.80. The Bertz CT molecular complexity index is 813. The first-order valence-corrected chi connectivity index (χ1v) is 7.54. The molecule has 3 aromatic rings. The Hall–Kier alpha value is -1.88. The van der Waals surface area contributed by atoms with Crippen molar-refractivity contribution in [3.63, 3.8) is 0 Å². The zero-order valence-corrected chi connectivity index (χ0v) is 13.3. The number of pyridine rings is 1. The molecule has 4 nitrogen and oxygen atoms in total. The van der Waals surface area contributed by atoms with Crippen LogP contribution in [0.4, 0.5) is 0 Å². The SMILES string of the molecule is CNCC(O)c1cccc(-c2cc(Cl)c3nc(C)cn3c2)c1. The van der Waals surface area contributed by atoms with E-state index in [2.05, 4.69) is 10.3 Å². The van der Waals surface area contributed by atoms with Crippen LogP contribution in [-0.2, 0) is 0 Å². The van der Waals surface area contributed by atoms with Crippen molar-refractivity contribution < 1.29 is 5.11 Å². The molecule has 0 aliphatic rings. The van der Waals surface area contributed by atoms with Crippen LogP contribution in [0.1, 0.15) is 17.4 Å². The summed E-state index contributed by atoms with van der Waals surface area (Å²) >= 11 is 6.33. The third-order valence-corrected chi connectivity index (χ3v) is 3.91. The van der Waals surface area contributed by atoms with Gasteiger partial charge in [0.2, 0.25) is 0 Å². The van der Waals surface area contributed by atoms with E-state index in [1.54, 1.807) is 0 Å². The number of fused-ring (bicyclic) bond motifs is 1. The summed E-state index contributed by atoms with van der Waals surface area (Å²) in [6, 6.07) is 9.78. The number of imidazole rings is 1. The van der Waals surface area contributed by atoms with Crippen LogP contribution >= 0.6 is 11.6 Å². The van der Waals surface area contributed by atoms with Crippen molar-refractivity contribution in [2.75, 3.05) is 13.6 Å². The fourth-order valence-electron chi connectivity index (χ4n) is 2.57. The summed E-state index contributed by atoms with van der Waals surface area (Å²) in [6.07, 6.45) is 3.43. The van der Waals surface area contributed by atoms with Gasteiger partial charge in [0.05, 0.1) is 16.8 Å². The van der Waals surface area contributed by atoms with Gasteiger partial charge in [-0.15, -0.1) is 0 Å². The van der Waals surface area contributed by atoms with Gasteiger partial charge in [0, 0.05) is 18.9 Å². The standard InChI is InChI=1S/C17H18ClN3O/c1-11-9-21-10-14(7-15(18)17(21)20-11)12-4-3-5-13(6-12)16(22)8-19-2/h3-7,9-10,16,19,22H,8H2,1-2H3. The van der Waals surface area contributed by atoms with Gasteiger partial charge in [-0.05, 0) is 42.8 Å². The van der Waals surface area contributed by atoms with Crippen molar-refractivity contribution in [3.8, 4) is 11.1 Å². The molecule has 0 saturated heterocycles. The molecule has 0 aliphatic carbocycles. The molecular formula is C17H18ClN3O. The van der Waals surface area contributed by atoms with Gasteiger partial charge in [-0.3, -0.25) is 0 Å². The van der Waals surface area contributed by atoms with Crippen molar-refractivity contribution in [1.82, 2.24) is 14.7 Å². The Morgan fingerprint density at radius 3 is 2.86 bits per heavy atom. The highest BCUT2D eigenvalue weighted by atomic mass is 35.5. The Balaban J connectivity index is 2.05. The summed E-state index contributed by atoms with van der Waals surface area (Å²) in [5, 5.41) is 13.7. The van der Waals surface area contributed by atoms with Crippen LogP contribution in [0.2, 0.25) is 5.02 Å². The highest BCUT2D eigenvalue weighted by Crippen LogP contribution is 2.28. The molecule has 3 rings (SSSR count). The number of hydrogen-bond acceptors (Lipinski definition) is 3. The van der Waals surface area contributed by atoms with Crippen molar-refractivity contribution in [3.05, 3.63) is 59.0 Å². The Labute approximate surface area is 134 Å². The fraction of sp³-hybridized carbons (Fsp3) is 0.235. The van der Waals surface area contributed by atoms with Crippen LogP contribution in [0, 0.1) is 6.92 Å². The lowest BCUT2D eigenvalue weighted by molar-refractivity contribution is 0.178. The molecule has 2 heterocycles. The van der Waals surface area contributed by atoms with E-state index in [0.29, 0.717) is 11.6 Å². The molecule has 2 aromatic heterocycles. The summed E-state index contributed by atoms with van der Waals surface area (Å²) in [7, 11) is 1.82. The summed E-state index contributed by atoms with van der Waals surface area (Å²) < 4.78 is 1.93. The van der Waals surface area contributed by atoms with Gasteiger partial charge < -0.3 is 14.8 Å². The third kappa shape index (κ3) is 2.86. The molecule has 22 heavy (non-hydrogen) atoms. The van der Waals surface area contributed by atoms with E-state index in [1.165, 1.54) is 0 Å². The average molecular weight is 316 g/mol. The van der Waals surface area contributed by atoms with Crippen LogP contribution in [0.3, 0.4) is 0 Å². The van der Waals surface area contributed by atoms with Crippen molar-refractivity contribution >= 4 is 17.2 Å². The normalized spacial score (nSPS) is 12.7. The molecule has 2 N–H and O–H groups in total. The first-order valence-electron chi connectivity index (χ1n) is 7.16. The number of aromatic nitrogens is 2. The van der Waals surface area contributed by atoms with Gasteiger partial charge in [-0.2, -0.15) is 0 Å². The number of nitrogens with zero attached hydrogens (tertiary/aromatic N) is 2. The minimum Gasteiger partial charge on any atom is -0.387 e. The third-order valence-electron chi connectivity index (χ3n) is 3.63. The number of rotatable bonds is 4. The van der Waals surface area contributed by atoms with Crippen molar-refractivity contribution in [1.29, 1.82) is 0 Å². The minimum atomic E-state index is -0.528. The van der Waals surface area contributed by atoms with E-state index >= 15 is 0 Å². The van der Waals surface area contributed by atoms with E-state index in [1.807, 2.05) is 61.1 Å². The van der Waals surface area contributed by atoms with Gasteiger partial charge in [0.15, 0.2) is 5.65 Å². The molecule has 5 heteroatoms. The molecule has 0 amide bonds. The van der Waals surface area contributed by atoms with Gasteiger partial charge in [-0.25, -0.2) is 4.98 Å². The van der Waals surface area contributed by atoms with Crippen LogP contribution in [0.5, 0.6) is 0 Å². The number of nitrogens with one attached hydrogen (secondary N) is 1. The molecule has 1 aromatic carbocycles. The van der Waals surface area contributed by atoms with Crippen molar-refractivity contribution in [2.24, 2.45) is 0 Å². The lowest BCUT2D eigenvalue weighted by Crippen LogP contribution is -2.16. The smallest absolute Gasteiger partial charge is 0.155 e. The number of aliphatic hydroxyl groups excluding tert-OH is 1. The molecule has 0 spiro atoms. The predicted octanol–water partition coefficient (Wildman–Crippen LogP) is 3.22. The second kappa shape index (κ2) is 6.08. The van der Waals surface area contributed by atoms with Crippen LogP contribution in [0.25, 0.3) is 16.8 Å². The topological polar surface area (TPSA) is 49.6 Å². The average Bonchev–Trinajstić information content (AvgIpc) is 2.88. The maximum Gasteiger partial charge on any atom is 0.155 e. The predicted molar refractivity (Wildman–Crippen MR) is 89.3 cm³/mol. The van der Waals surface area contributed by atoms with Crippen LogP contribution in [0.15, 0.2) is 42.7 Å². The van der Waals surface area contributed by atoms with Crippen LogP contribution < -0.4 is 5.32 Å². The molecule has 0 fully saturated rings. The van der Waals surface area contributed by atoms with E-state index in [9.17, 15) is 5.11 Å². The maximum atomic E-state index is 10.1. The van der Waals surface area contributed by atoms with E-state index in [4.69, 9.17) is 11.6 Å². The number of hydrogen-bond donors (Lipinski definition) is 2. The summed E-state index contributed by atoms with van der Waals surface area (Å²) in [4.78, 5) is 4.40. The lowest BCUT2D eigenvalue weighted by atomic mass is 10.0. The number of aliphatic hydroxyl groups is 1. The minimum absolute atomic E-state index is 0.518. The molecule has 0 radical (unpaired) electrons. The first kappa shape index (κ1) is 15.0. The summed E-state index contributed by atoms with van der Waals surface area (Å²) in [5.41, 5.74) is 4.58. The molecule has 0 aliphatic heterocycles. The largest absolute Gasteiger partial charge is 0.387 e. The molecule has 0 bridgehead atoms. The lowest BCUT2D eigenvalue weighted by Gasteiger charge is -2.12. The molecule has 0 saturated carbocycles. The molecular weight excluding hydrogens is 298 g/mol. The Morgan fingerprint density at radius 1 is 1.27 bits per heavy atom. The maximum absolute atomic E-state index is 10.1. The van der Waals surface area contributed by atoms with Gasteiger partial charge in [-0.1, -0.05) is 29.8 Å². The van der Waals surface area contributed by atoms with Crippen LogP contribution in [-0.4, -0.2) is 28.1 Å². The highest BCUT2D eigenvalue weighted by molar-refractivity contribution is 6.33. The van der Waals surface area contributed by atoms with Gasteiger partial charge >= 0.3 is 0 Å². The fourth-order valence-corrected chi connectivity index (χ4v) is 2.83. The monoisotopic (exact) mass is 315 g/mol. The molecule has 1 unspecified atom stereocenters. The molecule has 1 atom stereocenters. The number of aryl methyl sites for hydroxylation is 1. The first-order chi connectivity index (χ1) is 10.6. The number of halogens is 1. The zero-order chi connectivity index (χ0) is 15.7. The zero-order valence-electron chi connectivity index (χ0n) is 12.5. The Kier molecular flexibility index (Phi) is 4.16. The van der Waals surface area contributed by atoms with Gasteiger partial charge in [0.1, 0.15) is 0 Å². The Morgan fingerprint density at radius 2 is 2.09 bits per heavy atom. The highest BCUT2D eigenvalue weighted by Gasteiger charge is 2.10. The van der Waals surface area contributed by atoms with E-state index in [-0.39, 0.29) is 0 Å². The van der Waals surface area contributed by atoms with E-state index in [0.717, 1.165) is 28.0 Å². The second-order valence-electron chi connectivity index (χ2n) is 5.39. The quantitative estimate of drug-likeness (QED) is 0.777. The summed E-state index contributed by atoms with van der Waals surface area (Å²) in [5.74, 6) is 0. The van der Waals surface area contributed by atoms with Gasteiger partial charge in [0.25, 0.3) is 0 Å². The number of benzene rings is 1. The van der Waals surface area contributed by atoms with E-state index < -0.39 is 6.10 Å². The van der Waals surface area contributed by atoms with Crippen molar-refractivity contribution in [2.45, 2.75) is 13.0 Å².